The third kappa shape index (κ3) is 4.58. The highest BCUT2D eigenvalue weighted by Gasteiger charge is 2.10. The van der Waals surface area contributed by atoms with E-state index in [1.165, 1.54) is 11.6 Å². The molecule has 0 fully saturated rings. The summed E-state index contributed by atoms with van der Waals surface area (Å²) in [5.41, 5.74) is 1.86. The van der Waals surface area contributed by atoms with Crippen LogP contribution in [-0.4, -0.2) is 11.9 Å². The Balaban J connectivity index is 1.95. The molecule has 0 aliphatic rings. The molecule has 0 heterocycles. The van der Waals surface area contributed by atoms with E-state index in [0.29, 0.717) is 18.0 Å². The van der Waals surface area contributed by atoms with E-state index in [2.05, 4.69) is 33.4 Å². The Hall–Kier alpha value is -0.900. The zero-order valence-corrected chi connectivity index (χ0v) is 13.3. The quantitative estimate of drug-likeness (QED) is 0.750. The molecule has 2 rings (SSSR count). The van der Waals surface area contributed by atoms with Crippen LogP contribution in [0.15, 0.2) is 53.0 Å². The first-order chi connectivity index (χ1) is 9.69. The molecule has 0 aliphatic heterocycles. The molecule has 0 radical (unpaired) electrons. The van der Waals surface area contributed by atoms with Gasteiger partial charge in [-0.15, -0.1) is 11.6 Å². The average Bonchev–Trinajstić information content (AvgIpc) is 2.47. The van der Waals surface area contributed by atoms with Crippen LogP contribution in [0.25, 0.3) is 0 Å². The van der Waals surface area contributed by atoms with E-state index in [0.717, 1.165) is 10.9 Å². The molecule has 0 saturated carbocycles. The van der Waals surface area contributed by atoms with Crippen molar-refractivity contribution >= 4 is 27.5 Å². The lowest BCUT2D eigenvalue weighted by Gasteiger charge is -2.16. The highest BCUT2D eigenvalue weighted by atomic mass is 79.9. The Kier molecular flexibility index (Phi) is 6.02. The number of rotatable bonds is 6. The first-order valence-electron chi connectivity index (χ1n) is 6.46. The summed E-state index contributed by atoms with van der Waals surface area (Å²) in [5, 5.41) is 3.31. The predicted octanol–water partition coefficient (Wildman–Crippen LogP) is 4.53. The second-order valence-corrected chi connectivity index (χ2v) is 5.88. The van der Waals surface area contributed by atoms with Crippen molar-refractivity contribution in [1.82, 2.24) is 5.32 Å². The first-order valence-corrected chi connectivity index (χ1v) is 7.79. The van der Waals surface area contributed by atoms with Crippen LogP contribution < -0.4 is 5.32 Å². The van der Waals surface area contributed by atoms with E-state index in [4.69, 9.17) is 11.6 Å². The van der Waals surface area contributed by atoms with Crippen LogP contribution in [0, 0.1) is 5.82 Å². The van der Waals surface area contributed by atoms with E-state index in [1.54, 1.807) is 12.1 Å². The Morgan fingerprint density at radius 1 is 1.15 bits per heavy atom. The number of hydrogen-bond acceptors (Lipinski definition) is 1. The third-order valence-corrected chi connectivity index (χ3v) is 3.97. The van der Waals surface area contributed by atoms with Gasteiger partial charge in [-0.05, 0) is 30.2 Å². The van der Waals surface area contributed by atoms with Crippen LogP contribution in [0.3, 0.4) is 0 Å². The summed E-state index contributed by atoms with van der Waals surface area (Å²) in [6, 6.07) is 15.2. The van der Waals surface area contributed by atoms with Gasteiger partial charge >= 0.3 is 0 Å². The minimum Gasteiger partial charge on any atom is -0.308 e. The lowest BCUT2D eigenvalue weighted by Crippen LogP contribution is -2.32. The van der Waals surface area contributed by atoms with Crippen LogP contribution in [0.5, 0.6) is 0 Å². The maximum atomic E-state index is 13.7. The molecule has 2 aromatic carbocycles. The van der Waals surface area contributed by atoms with Gasteiger partial charge in [0.25, 0.3) is 0 Å². The SMILES string of the molecule is Fc1ccc(Br)cc1CNC(CCl)Cc1ccccc1. The van der Waals surface area contributed by atoms with Crippen LogP contribution in [0.1, 0.15) is 11.1 Å². The van der Waals surface area contributed by atoms with E-state index >= 15 is 0 Å². The van der Waals surface area contributed by atoms with Gasteiger partial charge in [0.2, 0.25) is 0 Å². The fraction of sp³-hybridized carbons (Fsp3) is 0.250. The van der Waals surface area contributed by atoms with Crippen molar-refractivity contribution in [2.45, 2.75) is 19.0 Å². The molecule has 0 aliphatic carbocycles. The molecule has 1 nitrogen and oxygen atoms in total. The molecular weight excluding hydrogens is 341 g/mol. The molecule has 1 atom stereocenters. The van der Waals surface area contributed by atoms with Gasteiger partial charge in [-0.25, -0.2) is 4.39 Å². The lowest BCUT2D eigenvalue weighted by molar-refractivity contribution is 0.528. The molecular formula is C16H16BrClFN. The summed E-state index contributed by atoms with van der Waals surface area (Å²) >= 11 is 9.34. The molecule has 1 N–H and O–H groups in total. The topological polar surface area (TPSA) is 12.0 Å². The van der Waals surface area contributed by atoms with Crippen LogP contribution in [-0.2, 0) is 13.0 Å². The Bertz CT molecular complexity index is 547. The largest absolute Gasteiger partial charge is 0.308 e. The fourth-order valence-electron chi connectivity index (χ4n) is 2.01. The summed E-state index contributed by atoms with van der Waals surface area (Å²) in [7, 11) is 0. The van der Waals surface area contributed by atoms with Gasteiger partial charge in [-0.1, -0.05) is 46.3 Å². The molecule has 106 valence electrons. The van der Waals surface area contributed by atoms with Crippen molar-refractivity contribution < 1.29 is 4.39 Å². The molecule has 0 bridgehead atoms. The van der Waals surface area contributed by atoms with E-state index < -0.39 is 0 Å². The molecule has 0 aromatic heterocycles. The highest BCUT2D eigenvalue weighted by molar-refractivity contribution is 9.10. The number of benzene rings is 2. The number of halogens is 3. The van der Waals surface area contributed by atoms with Crippen molar-refractivity contribution in [2.75, 3.05) is 5.88 Å². The van der Waals surface area contributed by atoms with Gasteiger partial charge in [0.15, 0.2) is 0 Å². The summed E-state index contributed by atoms with van der Waals surface area (Å²) in [6.45, 7) is 0.468. The average molecular weight is 357 g/mol. The summed E-state index contributed by atoms with van der Waals surface area (Å²) in [6.07, 6.45) is 0.833. The molecule has 4 heteroatoms. The zero-order chi connectivity index (χ0) is 14.4. The number of alkyl halides is 1. The summed E-state index contributed by atoms with van der Waals surface area (Å²) in [4.78, 5) is 0. The van der Waals surface area contributed by atoms with Gasteiger partial charge in [0, 0.05) is 28.5 Å². The minimum atomic E-state index is -0.200. The highest BCUT2D eigenvalue weighted by Crippen LogP contribution is 2.16. The van der Waals surface area contributed by atoms with Crippen molar-refractivity contribution in [3.8, 4) is 0 Å². The monoisotopic (exact) mass is 355 g/mol. The second kappa shape index (κ2) is 7.77. The maximum Gasteiger partial charge on any atom is 0.127 e. The third-order valence-electron chi connectivity index (χ3n) is 3.10. The Morgan fingerprint density at radius 2 is 1.90 bits per heavy atom. The van der Waals surface area contributed by atoms with Gasteiger partial charge in [0.05, 0.1) is 0 Å². The Labute approximate surface area is 132 Å². The summed E-state index contributed by atoms with van der Waals surface area (Å²) in [5.74, 6) is 0.290. The zero-order valence-electron chi connectivity index (χ0n) is 11.0. The fourth-order valence-corrected chi connectivity index (χ4v) is 2.64. The van der Waals surface area contributed by atoms with E-state index in [9.17, 15) is 4.39 Å². The van der Waals surface area contributed by atoms with E-state index in [1.807, 2.05) is 18.2 Å². The van der Waals surface area contributed by atoms with E-state index in [-0.39, 0.29) is 11.9 Å². The van der Waals surface area contributed by atoms with Crippen molar-refractivity contribution in [2.24, 2.45) is 0 Å². The molecule has 0 saturated heterocycles. The normalized spacial score (nSPS) is 12.3. The van der Waals surface area contributed by atoms with Crippen LogP contribution in [0.4, 0.5) is 4.39 Å². The molecule has 20 heavy (non-hydrogen) atoms. The molecule has 1 unspecified atom stereocenters. The van der Waals surface area contributed by atoms with Gasteiger partial charge in [-0.2, -0.15) is 0 Å². The van der Waals surface area contributed by atoms with Crippen molar-refractivity contribution in [3.63, 3.8) is 0 Å². The lowest BCUT2D eigenvalue weighted by atomic mass is 10.1. The first kappa shape index (κ1) is 15.5. The van der Waals surface area contributed by atoms with Gasteiger partial charge < -0.3 is 5.32 Å². The summed E-state index contributed by atoms with van der Waals surface area (Å²) < 4.78 is 14.5. The maximum absolute atomic E-state index is 13.7. The molecule has 0 amide bonds. The standard InChI is InChI=1S/C16H16BrClFN/c17-14-6-7-16(19)13(9-14)11-20-15(10-18)8-12-4-2-1-3-5-12/h1-7,9,15,20H,8,10-11H2. The molecule has 0 spiro atoms. The van der Waals surface area contributed by atoms with Crippen LogP contribution in [0.2, 0.25) is 0 Å². The van der Waals surface area contributed by atoms with Gasteiger partial charge in [-0.3, -0.25) is 0 Å². The van der Waals surface area contributed by atoms with Crippen molar-refractivity contribution in [3.05, 3.63) is 69.9 Å². The Morgan fingerprint density at radius 3 is 2.60 bits per heavy atom. The smallest absolute Gasteiger partial charge is 0.127 e. The predicted molar refractivity (Wildman–Crippen MR) is 85.6 cm³/mol. The van der Waals surface area contributed by atoms with Crippen molar-refractivity contribution in [1.29, 1.82) is 0 Å². The van der Waals surface area contributed by atoms with Gasteiger partial charge in [0.1, 0.15) is 5.82 Å². The van der Waals surface area contributed by atoms with Crippen LogP contribution >= 0.6 is 27.5 Å². The second-order valence-electron chi connectivity index (χ2n) is 4.66. The number of hydrogen-bond donors (Lipinski definition) is 1. The molecule has 2 aromatic rings. The minimum absolute atomic E-state index is 0.123. The number of nitrogens with one attached hydrogen (secondary N) is 1.